The number of nitrogens with one attached hydrogen (secondary N) is 2. The van der Waals surface area contributed by atoms with Gasteiger partial charge in [0.25, 0.3) is 0 Å². The van der Waals surface area contributed by atoms with Gasteiger partial charge in [0.1, 0.15) is 0 Å². The lowest BCUT2D eigenvalue weighted by Crippen LogP contribution is -2.35. The van der Waals surface area contributed by atoms with Crippen LogP contribution in [0.2, 0.25) is 0 Å². The zero-order valence-electron chi connectivity index (χ0n) is 8.44. The van der Waals surface area contributed by atoms with Crippen LogP contribution in [0, 0.1) is 0 Å². The van der Waals surface area contributed by atoms with Gasteiger partial charge in [-0.3, -0.25) is 4.98 Å². The molecule has 1 aromatic rings. The fourth-order valence-corrected chi connectivity index (χ4v) is 1.03. The minimum Gasteiger partial charge on any atom is -0.396 e. The van der Waals surface area contributed by atoms with Crippen LogP contribution in [-0.2, 0) is 6.54 Å². The number of aliphatic hydroxyl groups excluding tert-OH is 1. The minimum atomic E-state index is -0.229. The summed E-state index contributed by atoms with van der Waals surface area (Å²) in [5, 5.41) is 13.8. The number of hydrogen-bond acceptors (Lipinski definition) is 3. The Balaban J connectivity index is 2.17. The summed E-state index contributed by atoms with van der Waals surface area (Å²) in [5.74, 6) is 0. The minimum absolute atomic E-state index is 0.0862. The molecule has 1 heterocycles. The summed E-state index contributed by atoms with van der Waals surface area (Å²) in [6.45, 7) is 1.02. The van der Waals surface area contributed by atoms with Crippen molar-refractivity contribution in [3.05, 3.63) is 30.1 Å². The van der Waals surface area contributed by atoms with E-state index in [4.69, 9.17) is 5.11 Å². The number of carbonyl (C=O) groups is 1. The van der Waals surface area contributed by atoms with Gasteiger partial charge in [0.2, 0.25) is 0 Å². The van der Waals surface area contributed by atoms with Gasteiger partial charge in [0, 0.05) is 32.1 Å². The molecule has 0 aliphatic rings. The molecule has 0 spiro atoms. The van der Waals surface area contributed by atoms with Gasteiger partial charge < -0.3 is 15.7 Å². The molecule has 82 valence electrons. The Bertz CT molecular complexity index is 290. The van der Waals surface area contributed by atoms with Crippen LogP contribution < -0.4 is 10.6 Å². The third-order valence-corrected chi connectivity index (χ3v) is 1.80. The first-order valence-corrected chi connectivity index (χ1v) is 4.84. The summed E-state index contributed by atoms with van der Waals surface area (Å²) in [4.78, 5) is 15.1. The molecule has 15 heavy (non-hydrogen) atoms. The summed E-state index contributed by atoms with van der Waals surface area (Å²) in [6, 6.07) is 3.48. The molecule has 0 aromatic carbocycles. The highest BCUT2D eigenvalue weighted by atomic mass is 16.3. The van der Waals surface area contributed by atoms with Gasteiger partial charge in [-0.05, 0) is 18.1 Å². The molecule has 5 nitrogen and oxygen atoms in total. The number of urea groups is 1. The SMILES string of the molecule is O=C(NCCCO)NCc1cccnc1. The van der Waals surface area contributed by atoms with Crippen molar-refractivity contribution in [1.29, 1.82) is 0 Å². The molecule has 5 heteroatoms. The summed E-state index contributed by atoms with van der Waals surface area (Å²) < 4.78 is 0. The number of rotatable bonds is 5. The normalized spacial score (nSPS) is 9.67. The Morgan fingerprint density at radius 3 is 3.00 bits per heavy atom. The van der Waals surface area contributed by atoms with Crippen molar-refractivity contribution in [1.82, 2.24) is 15.6 Å². The number of pyridine rings is 1. The molecule has 0 fully saturated rings. The van der Waals surface area contributed by atoms with E-state index in [-0.39, 0.29) is 12.6 Å². The quantitative estimate of drug-likeness (QED) is 0.609. The molecular formula is C10H15N3O2. The van der Waals surface area contributed by atoms with E-state index in [1.807, 2.05) is 12.1 Å². The Hall–Kier alpha value is -1.62. The molecule has 0 saturated carbocycles. The van der Waals surface area contributed by atoms with Crippen molar-refractivity contribution in [2.75, 3.05) is 13.2 Å². The van der Waals surface area contributed by atoms with Crippen LogP contribution in [0.15, 0.2) is 24.5 Å². The molecule has 0 saturated heterocycles. The maximum atomic E-state index is 11.2. The number of nitrogens with zero attached hydrogens (tertiary/aromatic N) is 1. The van der Waals surface area contributed by atoms with Gasteiger partial charge in [0.15, 0.2) is 0 Å². The summed E-state index contributed by atoms with van der Waals surface area (Å²) in [6.07, 6.45) is 3.96. The number of amides is 2. The van der Waals surface area contributed by atoms with Gasteiger partial charge in [-0.2, -0.15) is 0 Å². The molecule has 0 atom stereocenters. The van der Waals surface area contributed by atoms with Crippen molar-refractivity contribution in [2.24, 2.45) is 0 Å². The second-order valence-corrected chi connectivity index (χ2v) is 3.05. The molecule has 0 radical (unpaired) electrons. The summed E-state index contributed by atoms with van der Waals surface area (Å²) in [5.41, 5.74) is 0.954. The fourth-order valence-electron chi connectivity index (χ4n) is 1.03. The van der Waals surface area contributed by atoms with Gasteiger partial charge in [-0.25, -0.2) is 4.79 Å². The smallest absolute Gasteiger partial charge is 0.315 e. The number of aromatic nitrogens is 1. The summed E-state index contributed by atoms with van der Waals surface area (Å²) >= 11 is 0. The van der Waals surface area contributed by atoms with Gasteiger partial charge in [0.05, 0.1) is 0 Å². The molecule has 0 aliphatic heterocycles. The van der Waals surface area contributed by atoms with E-state index in [1.165, 1.54) is 0 Å². The van der Waals surface area contributed by atoms with Crippen LogP contribution in [0.1, 0.15) is 12.0 Å². The lowest BCUT2D eigenvalue weighted by molar-refractivity contribution is 0.237. The van der Waals surface area contributed by atoms with Gasteiger partial charge in [-0.15, -0.1) is 0 Å². The van der Waals surface area contributed by atoms with Gasteiger partial charge >= 0.3 is 6.03 Å². The van der Waals surface area contributed by atoms with Crippen LogP contribution in [0.5, 0.6) is 0 Å². The zero-order valence-corrected chi connectivity index (χ0v) is 8.44. The number of hydrogen-bond donors (Lipinski definition) is 3. The highest BCUT2D eigenvalue weighted by Crippen LogP contribution is 1.93. The second-order valence-electron chi connectivity index (χ2n) is 3.05. The van der Waals surface area contributed by atoms with Crippen molar-refractivity contribution < 1.29 is 9.90 Å². The lowest BCUT2D eigenvalue weighted by Gasteiger charge is -2.06. The fraction of sp³-hybridized carbons (Fsp3) is 0.400. The average Bonchev–Trinajstić information content (AvgIpc) is 2.28. The maximum absolute atomic E-state index is 11.2. The first kappa shape index (κ1) is 11.5. The van der Waals surface area contributed by atoms with Gasteiger partial charge in [-0.1, -0.05) is 6.07 Å². The van der Waals surface area contributed by atoms with Crippen molar-refractivity contribution in [3.8, 4) is 0 Å². The van der Waals surface area contributed by atoms with Crippen molar-refractivity contribution >= 4 is 6.03 Å². The maximum Gasteiger partial charge on any atom is 0.315 e. The predicted octanol–water partition coefficient (Wildman–Crippen LogP) is 0.263. The summed E-state index contributed by atoms with van der Waals surface area (Å²) in [7, 11) is 0. The van der Waals surface area contributed by atoms with Crippen LogP contribution in [0.25, 0.3) is 0 Å². The standard InChI is InChI=1S/C10H15N3O2/c14-6-2-5-12-10(15)13-8-9-3-1-4-11-7-9/h1,3-4,7,14H,2,5-6,8H2,(H2,12,13,15). The Labute approximate surface area is 88.5 Å². The molecule has 1 aromatic heterocycles. The Kier molecular flexibility index (Phi) is 5.18. The van der Waals surface area contributed by atoms with E-state index in [1.54, 1.807) is 12.4 Å². The molecule has 2 amide bonds. The Morgan fingerprint density at radius 2 is 2.33 bits per heavy atom. The van der Waals surface area contributed by atoms with E-state index in [2.05, 4.69) is 15.6 Å². The average molecular weight is 209 g/mol. The number of carbonyl (C=O) groups excluding carboxylic acids is 1. The van der Waals surface area contributed by atoms with E-state index in [0.717, 1.165) is 5.56 Å². The third-order valence-electron chi connectivity index (χ3n) is 1.80. The van der Waals surface area contributed by atoms with Crippen molar-refractivity contribution in [3.63, 3.8) is 0 Å². The Morgan fingerprint density at radius 1 is 1.47 bits per heavy atom. The first-order valence-electron chi connectivity index (χ1n) is 4.84. The molecule has 0 bridgehead atoms. The largest absolute Gasteiger partial charge is 0.396 e. The lowest BCUT2D eigenvalue weighted by atomic mass is 10.3. The van der Waals surface area contributed by atoms with E-state index in [0.29, 0.717) is 19.5 Å². The van der Waals surface area contributed by atoms with Crippen LogP contribution >= 0.6 is 0 Å². The monoisotopic (exact) mass is 209 g/mol. The zero-order chi connectivity index (χ0) is 10.9. The second kappa shape index (κ2) is 6.78. The molecule has 1 rings (SSSR count). The van der Waals surface area contributed by atoms with Crippen LogP contribution in [0.4, 0.5) is 4.79 Å². The topological polar surface area (TPSA) is 74.2 Å². The van der Waals surface area contributed by atoms with E-state index >= 15 is 0 Å². The van der Waals surface area contributed by atoms with Crippen molar-refractivity contribution in [2.45, 2.75) is 13.0 Å². The molecule has 3 N–H and O–H groups in total. The molecule has 0 unspecified atom stereocenters. The van der Waals surface area contributed by atoms with Crippen LogP contribution in [-0.4, -0.2) is 29.3 Å². The van der Waals surface area contributed by atoms with Crippen LogP contribution in [0.3, 0.4) is 0 Å². The highest BCUT2D eigenvalue weighted by Gasteiger charge is 1.98. The third kappa shape index (κ3) is 4.97. The first-order chi connectivity index (χ1) is 7.33. The van der Waals surface area contributed by atoms with E-state index < -0.39 is 0 Å². The predicted molar refractivity (Wildman–Crippen MR) is 56.2 cm³/mol. The molecule has 0 aliphatic carbocycles. The molecular weight excluding hydrogens is 194 g/mol. The number of aliphatic hydroxyl groups is 1. The van der Waals surface area contributed by atoms with E-state index in [9.17, 15) is 4.79 Å². The highest BCUT2D eigenvalue weighted by molar-refractivity contribution is 5.73.